The van der Waals surface area contributed by atoms with Crippen molar-refractivity contribution in [3.05, 3.63) is 53.7 Å². The van der Waals surface area contributed by atoms with E-state index >= 15 is 0 Å². The Balaban J connectivity index is 1.86. The highest BCUT2D eigenvalue weighted by Gasteiger charge is 2.01. The second kappa shape index (κ2) is 10.2. The van der Waals surface area contributed by atoms with Crippen LogP contribution in [0.1, 0.15) is 69.9 Å². The molecule has 0 atom stereocenters. The summed E-state index contributed by atoms with van der Waals surface area (Å²) in [6, 6.07) is 13.3. The van der Waals surface area contributed by atoms with Gasteiger partial charge in [-0.25, -0.2) is 0 Å². The average molecular weight is 309 g/mol. The van der Waals surface area contributed by atoms with E-state index in [1.54, 1.807) is 0 Å². The molecule has 1 nitrogen and oxygen atoms in total. The molecule has 0 unspecified atom stereocenters. The van der Waals surface area contributed by atoms with Crippen LogP contribution in [0.15, 0.2) is 42.6 Å². The number of benzene rings is 1. The van der Waals surface area contributed by atoms with Crippen molar-refractivity contribution in [2.75, 3.05) is 0 Å². The van der Waals surface area contributed by atoms with Crippen molar-refractivity contribution < 1.29 is 0 Å². The summed E-state index contributed by atoms with van der Waals surface area (Å²) in [4.78, 5) is 4.63. The quantitative estimate of drug-likeness (QED) is 0.450. The second-order valence-corrected chi connectivity index (χ2v) is 6.52. The summed E-state index contributed by atoms with van der Waals surface area (Å²) in [5, 5.41) is 0. The van der Waals surface area contributed by atoms with Crippen molar-refractivity contribution >= 4 is 0 Å². The number of rotatable bonds is 10. The fourth-order valence-electron chi connectivity index (χ4n) is 2.90. The van der Waals surface area contributed by atoms with Gasteiger partial charge in [0.25, 0.3) is 0 Å². The molecule has 0 saturated heterocycles. The third kappa shape index (κ3) is 6.17. The largest absolute Gasteiger partial charge is 0.256 e. The fraction of sp³-hybridized carbons (Fsp3) is 0.500. The molecule has 1 aromatic carbocycles. The molecule has 2 rings (SSSR count). The molecule has 0 spiro atoms. The number of pyridine rings is 1. The molecule has 2 aromatic rings. The Labute approximate surface area is 142 Å². The van der Waals surface area contributed by atoms with Gasteiger partial charge < -0.3 is 0 Å². The molecule has 23 heavy (non-hydrogen) atoms. The summed E-state index contributed by atoms with van der Waals surface area (Å²) in [5.41, 5.74) is 5.10. The molecule has 0 aliphatic carbocycles. The van der Waals surface area contributed by atoms with E-state index in [0.29, 0.717) is 0 Å². The van der Waals surface area contributed by atoms with Crippen LogP contribution in [0, 0.1) is 0 Å². The highest BCUT2D eigenvalue weighted by molar-refractivity contribution is 5.59. The van der Waals surface area contributed by atoms with Gasteiger partial charge in [0.2, 0.25) is 0 Å². The average Bonchev–Trinajstić information content (AvgIpc) is 2.61. The molecule has 0 N–H and O–H groups in total. The lowest BCUT2D eigenvalue weighted by atomic mass is 10.0. The minimum Gasteiger partial charge on any atom is -0.256 e. The van der Waals surface area contributed by atoms with Crippen molar-refractivity contribution in [3.8, 4) is 11.3 Å². The zero-order chi connectivity index (χ0) is 16.3. The smallest absolute Gasteiger partial charge is 0.0702 e. The topological polar surface area (TPSA) is 12.9 Å². The van der Waals surface area contributed by atoms with Gasteiger partial charge in [-0.3, -0.25) is 4.98 Å². The Kier molecular flexibility index (Phi) is 7.86. The first-order valence-corrected chi connectivity index (χ1v) is 9.37. The van der Waals surface area contributed by atoms with Crippen LogP contribution >= 0.6 is 0 Å². The van der Waals surface area contributed by atoms with Gasteiger partial charge in [-0.15, -0.1) is 0 Å². The first kappa shape index (κ1) is 17.7. The predicted molar refractivity (Wildman–Crippen MR) is 101 cm³/mol. The van der Waals surface area contributed by atoms with Gasteiger partial charge in [0, 0.05) is 11.8 Å². The van der Waals surface area contributed by atoms with Gasteiger partial charge in [-0.1, -0.05) is 76.3 Å². The van der Waals surface area contributed by atoms with Crippen LogP contribution in [0.5, 0.6) is 0 Å². The van der Waals surface area contributed by atoms with Crippen LogP contribution in [-0.2, 0) is 12.8 Å². The van der Waals surface area contributed by atoms with Crippen LogP contribution in [0.3, 0.4) is 0 Å². The van der Waals surface area contributed by atoms with E-state index in [2.05, 4.69) is 55.2 Å². The number of hydrogen-bond acceptors (Lipinski definition) is 1. The van der Waals surface area contributed by atoms with Gasteiger partial charge in [0.05, 0.1) is 5.69 Å². The minimum absolute atomic E-state index is 1.08. The molecule has 0 fully saturated rings. The third-order valence-electron chi connectivity index (χ3n) is 4.46. The Morgan fingerprint density at radius 2 is 1.30 bits per heavy atom. The zero-order valence-corrected chi connectivity index (χ0v) is 14.9. The number of aromatic nitrogens is 1. The second-order valence-electron chi connectivity index (χ2n) is 6.52. The van der Waals surface area contributed by atoms with E-state index < -0.39 is 0 Å². The molecule has 0 radical (unpaired) electrons. The highest BCUT2D eigenvalue weighted by Crippen LogP contribution is 2.19. The summed E-state index contributed by atoms with van der Waals surface area (Å²) in [7, 11) is 0. The summed E-state index contributed by atoms with van der Waals surface area (Å²) in [6.07, 6.45) is 13.6. The molecular weight excluding hydrogens is 278 g/mol. The van der Waals surface area contributed by atoms with Crippen molar-refractivity contribution in [2.24, 2.45) is 0 Å². The van der Waals surface area contributed by atoms with Gasteiger partial charge in [-0.05, 0) is 42.9 Å². The first-order valence-electron chi connectivity index (χ1n) is 9.37. The van der Waals surface area contributed by atoms with E-state index in [1.807, 2.05) is 6.20 Å². The molecule has 1 heterocycles. The number of hydrogen-bond donors (Lipinski definition) is 0. The number of aryl methyl sites for hydroxylation is 2. The first-order chi connectivity index (χ1) is 11.3. The predicted octanol–water partition coefficient (Wildman–Crippen LogP) is 6.60. The molecule has 1 heteroatoms. The normalized spacial score (nSPS) is 10.9. The van der Waals surface area contributed by atoms with Crippen LogP contribution in [0.2, 0.25) is 0 Å². The molecule has 0 amide bonds. The fourth-order valence-corrected chi connectivity index (χ4v) is 2.90. The third-order valence-corrected chi connectivity index (χ3v) is 4.46. The lowest BCUT2D eigenvalue weighted by molar-refractivity contribution is 0.632. The van der Waals surface area contributed by atoms with Gasteiger partial charge in [-0.2, -0.15) is 0 Å². The monoisotopic (exact) mass is 309 g/mol. The Morgan fingerprint density at radius 3 is 1.96 bits per heavy atom. The highest BCUT2D eigenvalue weighted by atomic mass is 14.7. The summed E-state index contributed by atoms with van der Waals surface area (Å²) in [5.74, 6) is 0. The lowest BCUT2D eigenvalue weighted by Crippen LogP contribution is -1.90. The van der Waals surface area contributed by atoms with Crippen molar-refractivity contribution in [2.45, 2.75) is 71.6 Å². The molecule has 0 bridgehead atoms. The van der Waals surface area contributed by atoms with E-state index in [9.17, 15) is 0 Å². The molecule has 0 aliphatic heterocycles. The van der Waals surface area contributed by atoms with E-state index in [-0.39, 0.29) is 0 Å². The van der Waals surface area contributed by atoms with E-state index in [4.69, 9.17) is 0 Å². The Morgan fingerprint density at radius 1 is 0.652 bits per heavy atom. The minimum atomic E-state index is 1.08. The lowest BCUT2D eigenvalue weighted by Gasteiger charge is -2.06. The standard InChI is InChI=1S/C22H31N/c1-3-5-7-8-9-11-19-12-15-21(16-13-19)22-17-14-20(18-23-22)10-6-4-2/h12-18H,3-11H2,1-2H3. The Bertz CT molecular complexity index is 539. The van der Waals surface area contributed by atoms with Crippen molar-refractivity contribution in [3.63, 3.8) is 0 Å². The molecule has 0 saturated carbocycles. The van der Waals surface area contributed by atoms with Gasteiger partial charge >= 0.3 is 0 Å². The molecule has 124 valence electrons. The maximum absolute atomic E-state index is 4.63. The maximum Gasteiger partial charge on any atom is 0.0702 e. The van der Waals surface area contributed by atoms with Crippen molar-refractivity contribution in [1.82, 2.24) is 4.98 Å². The van der Waals surface area contributed by atoms with Crippen LogP contribution in [0.4, 0.5) is 0 Å². The summed E-state index contributed by atoms with van der Waals surface area (Å²) in [6.45, 7) is 4.50. The molecular formula is C22H31N. The zero-order valence-electron chi connectivity index (χ0n) is 14.9. The van der Waals surface area contributed by atoms with Crippen LogP contribution in [0.25, 0.3) is 11.3 Å². The summed E-state index contributed by atoms with van der Waals surface area (Å²) >= 11 is 0. The number of unbranched alkanes of at least 4 members (excludes halogenated alkanes) is 5. The molecule has 1 aromatic heterocycles. The van der Waals surface area contributed by atoms with Gasteiger partial charge in [0.15, 0.2) is 0 Å². The molecule has 0 aliphatic rings. The van der Waals surface area contributed by atoms with Gasteiger partial charge in [0.1, 0.15) is 0 Å². The van der Waals surface area contributed by atoms with E-state index in [0.717, 1.165) is 12.1 Å². The van der Waals surface area contributed by atoms with Crippen molar-refractivity contribution in [1.29, 1.82) is 0 Å². The summed E-state index contributed by atoms with van der Waals surface area (Å²) < 4.78 is 0. The Hall–Kier alpha value is -1.63. The van der Waals surface area contributed by atoms with E-state index in [1.165, 1.54) is 68.1 Å². The maximum atomic E-state index is 4.63. The van der Waals surface area contributed by atoms with Crippen LogP contribution < -0.4 is 0 Å². The van der Waals surface area contributed by atoms with Crippen LogP contribution in [-0.4, -0.2) is 4.98 Å². The number of nitrogens with zero attached hydrogens (tertiary/aromatic N) is 1. The SMILES string of the molecule is CCCCCCCc1ccc(-c2ccc(CCCC)cn2)cc1.